The summed E-state index contributed by atoms with van der Waals surface area (Å²) in [4.78, 5) is 12.3. The van der Waals surface area contributed by atoms with Crippen LogP contribution in [0.2, 0.25) is 10.0 Å². The molecule has 2 aromatic carbocycles. The van der Waals surface area contributed by atoms with Gasteiger partial charge in [0, 0.05) is 33.7 Å². The number of nitrogens with one attached hydrogen (secondary N) is 2. The van der Waals surface area contributed by atoms with E-state index in [2.05, 4.69) is 10.6 Å². The second kappa shape index (κ2) is 8.99. The summed E-state index contributed by atoms with van der Waals surface area (Å²) in [5.74, 6) is 0.404. The van der Waals surface area contributed by atoms with Crippen LogP contribution in [0.25, 0.3) is 0 Å². The minimum atomic E-state index is -0.583. The lowest BCUT2D eigenvalue weighted by atomic mass is 10.2. The summed E-state index contributed by atoms with van der Waals surface area (Å²) >= 11 is 11.8. The van der Waals surface area contributed by atoms with Gasteiger partial charge in [-0.25, -0.2) is 0 Å². The molecular weight excluding hydrogens is 377 g/mol. The highest BCUT2D eigenvalue weighted by Crippen LogP contribution is 2.30. The van der Waals surface area contributed by atoms with Gasteiger partial charge in [0.15, 0.2) is 11.5 Å². The van der Waals surface area contributed by atoms with Gasteiger partial charge >= 0.3 is 0 Å². The van der Waals surface area contributed by atoms with Gasteiger partial charge in [-0.1, -0.05) is 23.2 Å². The normalized spacial score (nSPS) is 10.7. The number of amides is 1. The molecule has 0 fully saturated rings. The van der Waals surface area contributed by atoms with Gasteiger partial charge in [-0.3, -0.25) is 4.79 Å². The van der Waals surface area contributed by atoms with Crippen molar-refractivity contribution in [1.29, 1.82) is 5.26 Å². The lowest BCUT2D eigenvalue weighted by Gasteiger charge is -2.10. The molecule has 0 saturated carbocycles. The number of ether oxygens (including phenoxy) is 2. The molecule has 0 radical (unpaired) electrons. The van der Waals surface area contributed by atoms with E-state index in [1.165, 1.54) is 20.4 Å². The maximum absolute atomic E-state index is 12.3. The number of halogens is 2. The molecule has 2 aromatic rings. The van der Waals surface area contributed by atoms with Crippen molar-refractivity contribution < 1.29 is 14.3 Å². The monoisotopic (exact) mass is 391 g/mol. The predicted molar refractivity (Wildman–Crippen MR) is 102 cm³/mol. The first-order valence-electron chi connectivity index (χ1n) is 7.33. The molecule has 0 saturated heterocycles. The number of rotatable bonds is 6. The number of anilines is 2. The van der Waals surface area contributed by atoms with Crippen molar-refractivity contribution in [3.63, 3.8) is 0 Å². The third-order valence-corrected chi connectivity index (χ3v) is 3.69. The number of benzene rings is 2. The van der Waals surface area contributed by atoms with Crippen LogP contribution in [0.15, 0.2) is 48.2 Å². The molecule has 0 aromatic heterocycles. The molecule has 134 valence electrons. The molecular formula is C18H15Cl2N3O3. The highest BCUT2D eigenvalue weighted by molar-refractivity contribution is 6.35. The number of nitrogens with zero attached hydrogens (tertiary/aromatic N) is 1. The topological polar surface area (TPSA) is 83.4 Å². The van der Waals surface area contributed by atoms with E-state index in [0.717, 1.165) is 0 Å². The second-order valence-electron chi connectivity index (χ2n) is 5.00. The van der Waals surface area contributed by atoms with Crippen molar-refractivity contribution in [2.45, 2.75) is 0 Å². The first kappa shape index (κ1) is 19.4. The highest BCUT2D eigenvalue weighted by atomic mass is 35.5. The van der Waals surface area contributed by atoms with Crippen molar-refractivity contribution in [3.8, 4) is 17.6 Å². The first-order valence-corrected chi connectivity index (χ1v) is 8.08. The average Bonchev–Trinajstić information content (AvgIpc) is 2.61. The minimum absolute atomic E-state index is 0.129. The standard InChI is InChI=1S/C18H15Cl2N3O3/c1-25-16-4-3-14(8-17(16)26-2)23-18(24)11(9-21)10-22-15-6-12(19)5-13(20)7-15/h3-8,10,22H,1-2H3,(H,23,24)/b11-10-. The number of nitriles is 1. The van der Waals surface area contributed by atoms with E-state index in [1.807, 2.05) is 6.07 Å². The SMILES string of the molecule is COc1ccc(NC(=O)/C(C#N)=C\Nc2cc(Cl)cc(Cl)c2)cc1OC. The molecule has 0 unspecified atom stereocenters. The summed E-state index contributed by atoms with van der Waals surface area (Å²) < 4.78 is 10.3. The van der Waals surface area contributed by atoms with Crippen molar-refractivity contribution in [2.24, 2.45) is 0 Å². The Morgan fingerprint density at radius 2 is 1.69 bits per heavy atom. The molecule has 0 spiro atoms. The Morgan fingerprint density at radius 3 is 2.27 bits per heavy atom. The second-order valence-corrected chi connectivity index (χ2v) is 5.87. The fraction of sp³-hybridized carbons (Fsp3) is 0.111. The third-order valence-electron chi connectivity index (χ3n) is 3.25. The first-order chi connectivity index (χ1) is 12.5. The van der Waals surface area contributed by atoms with Gasteiger partial charge in [-0.15, -0.1) is 0 Å². The molecule has 1 amide bonds. The quantitative estimate of drug-likeness (QED) is 0.560. The Morgan fingerprint density at radius 1 is 1.04 bits per heavy atom. The summed E-state index contributed by atoms with van der Waals surface area (Å²) in [6.07, 6.45) is 1.28. The third kappa shape index (κ3) is 5.06. The fourth-order valence-electron chi connectivity index (χ4n) is 2.05. The molecule has 8 heteroatoms. The Balaban J connectivity index is 2.14. The van der Waals surface area contributed by atoms with Gasteiger partial charge < -0.3 is 20.1 Å². The van der Waals surface area contributed by atoms with Crippen LogP contribution in [0.1, 0.15) is 0 Å². The van der Waals surface area contributed by atoms with Crippen LogP contribution in [0, 0.1) is 11.3 Å². The van der Waals surface area contributed by atoms with E-state index >= 15 is 0 Å². The van der Waals surface area contributed by atoms with Crippen molar-refractivity contribution in [2.75, 3.05) is 24.9 Å². The summed E-state index contributed by atoms with van der Waals surface area (Å²) in [6, 6.07) is 11.5. The van der Waals surface area contributed by atoms with Crippen LogP contribution < -0.4 is 20.1 Å². The van der Waals surface area contributed by atoms with E-state index in [0.29, 0.717) is 32.9 Å². The van der Waals surface area contributed by atoms with Crippen molar-refractivity contribution in [3.05, 3.63) is 58.2 Å². The van der Waals surface area contributed by atoms with E-state index in [1.54, 1.807) is 36.4 Å². The zero-order chi connectivity index (χ0) is 19.1. The minimum Gasteiger partial charge on any atom is -0.493 e. The number of carbonyl (C=O) groups excluding carboxylic acids is 1. The zero-order valence-corrected chi connectivity index (χ0v) is 15.5. The molecule has 0 heterocycles. The maximum atomic E-state index is 12.3. The molecule has 0 aliphatic heterocycles. The Labute approximate surface area is 160 Å². The summed E-state index contributed by atoms with van der Waals surface area (Å²) in [7, 11) is 3.00. The lowest BCUT2D eigenvalue weighted by Crippen LogP contribution is -2.14. The molecule has 0 aliphatic rings. The summed E-state index contributed by atoms with van der Waals surface area (Å²) in [5, 5.41) is 15.5. The van der Waals surface area contributed by atoms with Gasteiger partial charge in [0.2, 0.25) is 0 Å². The van der Waals surface area contributed by atoms with Crippen LogP contribution in [0.5, 0.6) is 11.5 Å². The molecule has 2 N–H and O–H groups in total. The highest BCUT2D eigenvalue weighted by Gasteiger charge is 2.11. The van der Waals surface area contributed by atoms with Crippen LogP contribution in [0.3, 0.4) is 0 Å². The number of hydrogen-bond acceptors (Lipinski definition) is 5. The Bertz CT molecular complexity index is 871. The van der Waals surface area contributed by atoms with Crippen LogP contribution in [0.4, 0.5) is 11.4 Å². The molecule has 2 rings (SSSR count). The predicted octanol–water partition coefficient (Wildman–Crippen LogP) is 4.47. The Kier molecular flexibility index (Phi) is 6.73. The molecule has 0 bridgehead atoms. The van der Waals surface area contributed by atoms with E-state index in [4.69, 9.17) is 32.7 Å². The van der Waals surface area contributed by atoms with Gasteiger partial charge in [-0.2, -0.15) is 5.26 Å². The molecule has 0 aliphatic carbocycles. The molecule has 26 heavy (non-hydrogen) atoms. The van der Waals surface area contributed by atoms with Crippen LogP contribution in [-0.2, 0) is 4.79 Å². The van der Waals surface area contributed by atoms with Gasteiger partial charge in [0.25, 0.3) is 5.91 Å². The zero-order valence-electron chi connectivity index (χ0n) is 14.0. The van der Waals surface area contributed by atoms with Gasteiger partial charge in [0.05, 0.1) is 14.2 Å². The lowest BCUT2D eigenvalue weighted by molar-refractivity contribution is -0.112. The summed E-state index contributed by atoms with van der Waals surface area (Å²) in [5.41, 5.74) is 0.879. The number of methoxy groups -OCH3 is 2. The van der Waals surface area contributed by atoms with E-state index in [9.17, 15) is 10.1 Å². The van der Waals surface area contributed by atoms with Crippen molar-refractivity contribution >= 4 is 40.5 Å². The van der Waals surface area contributed by atoms with Gasteiger partial charge in [-0.05, 0) is 30.3 Å². The maximum Gasteiger partial charge on any atom is 0.267 e. The van der Waals surface area contributed by atoms with E-state index < -0.39 is 5.91 Å². The number of hydrogen-bond donors (Lipinski definition) is 2. The largest absolute Gasteiger partial charge is 0.493 e. The average molecular weight is 392 g/mol. The van der Waals surface area contributed by atoms with Gasteiger partial charge in [0.1, 0.15) is 11.6 Å². The van der Waals surface area contributed by atoms with E-state index in [-0.39, 0.29) is 5.57 Å². The summed E-state index contributed by atoms with van der Waals surface area (Å²) in [6.45, 7) is 0. The fourth-order valence-corrected chi connectivity index (χ4v) is 2.58. The smallest absolute Gasteiger partial charge is 0.267 e. The Hall–Kier alpha value is -2.88. The van der Waals surface area contributed by atoms with Crippen LogP contribution >= 0.6 is 23.2 Å². The molecule has 6 nitrogen and oxygen atoms in total. The van der Waals surface area contributed by atoms with Crippen LogP contribution in [-0.4, -0.2) is 20.1 Å². The molecule has 0 atom stereocenters. The number of carbonyl (C=O) groups is 1. The van der Waals surface area contributed by atoms with Crippen molar-refractivity contribution in [1.82, 2.24) is 0 Å².